The monoisotopic (exact) mass is 382 g/mol. The molecule has 6 nitrogen and oxygen atoms in total. The molecule has 2 aromatic rings. The Labute approximate surface area is 155 Å². The van der Waals surface area contributed by atoms with E-state index in [2.05, 4.69) is 29.5 Å². The van der Waals surface area contributed by atoms with Gasteiger partial charge in [-0.15, -0.1) is 0 Å². The van der Waals surface area contributed by atoms with Gasteiger partial charge >= 0.3 is 6.18 Å². The summed E-state index contributed by atoms with van der Waals surface area (Å²) < 4.78 is 43.9. The van der Waals surface area contributed by atoms with Crippen LogP contribution in [0.4, 0.5) is 13.2 Å². The summed E-state index contributed by atoms with van der Waals surface area (Å²) in [6, 6.07) is 7.96. The molecule has 2 rings (SSSR count). The second kappa shape index (κ2) is 9.20. The maximum Gasteiger partial charge on any atom is 0.435 e. The number of halogens is 3. The Morgan fingerprint density at radius 3 is 2.59 bits per heavy atom. The van der Waals surface area contributed by atoms with Crippen LogP contribution in [0.3, 0.4) is 0 Å². The zero-order valence-electron chi connectivity index (χ0n) is 15.0. The number of rotatable bonds is 8. The highest BCUT2D eigenvalue weighted by Crippen LogP contribution is 2.27. The standard InChI is InChI=1S/C18H21F3N4O2/c1-13(2)8-10-27-15-5-3-14(4-6-15)11-22-23-17(26)12-25-9-7-16(24-25)18(19,20)21/h3-7,9,11,13H,8,10,12H2,1-2H3,(H,23,26)/b22-11-. The van der Waals surface area contributed by atoms with Gasteiger partial charge in [0.15, 0.2) is 5.69 Å². The van der Waals surface area contributed by atoms with Crippen LogP contribution >= 0.6 is 0 Å². The van der Waals surface area contributed by atoms with Crippen molar-refractivity contribution in [3.8, 4) is 5.75 Å². The fourth-order valence-corrected chi connectivity index (χ4v) is 2.02. The van der Waals surface area contributed by atoms with Crippen molar-refractivity contribution >= 4 is 12.1 Å². The summed E-state index contributed by atoms with van der Waals surface area (Å²) in [4.78, 5) is 11.7. The molecule has 0 aliphatic rings. The molecule has 0 bridgehead atoms. The molecule has 0 spiro atoms. The highest BCUT2D eigenvalue weighted by molar-refractivity contribution is 5.82. The first-order valence-corrected chi connectivity index (χ1v) is 8.39. The van der Waals surface area contributed by atoms with Crippen LogP contribution in [0.1, 0.15) is 31.5 Å². The third-order valence-electron chi connectivity index (χ3n) is 3.48. The van der Waals surface area contributed by atoms with E-state index < -0.39 is 17.8 Å². The van der Waals surface area contributed by atoms with Gasteiger partial charge in [0.05, 0.1) is 12.8 Å². The van der Waals surface area contributed by atoms with Crippen molar-refractivity contribution in [2.75, 3.05) is 6.61 Å². The molecule has 0 saturated heterocycles. The van der Waals surface area contributed by atoms with Crippen LogP contribution in [0.2, 0.25) is 0 Å². The third-order valence-corrected chi connectivity index (χ3v) is 3.48. The molecule has 1 aromatic carbocycles. The van der Waals surface area contributed by atoms with Crippen LogP contribution in [-0.4, -0.2) is 28.5 Å². The SMILES string of the molecule is CC(C)CCOc1ccc(/C=N\NC(=O)Cn2ccc(C(F)(F)F)n2)cc1. The lowest BCUT2D eigenvalue weighted by Gasteiger charge is -2.07. The number of hydrazone groups is 1. The zero-order valence-corrected chi connectivity index (χ0v) is 15.0. The van der Waals surface area contributed by atoms with Gasteiger partial charge in [-0.25, -0.2) is 5.43 Å². The van der Waals surface area contributed by atoms with Gasteiger partial charge in [0, 0.05) is 6.20 Å². The molecule has 0 fully saturated rings. The van der Waals surface area contributed by atoms with Crippen molar-refractivity contribution in [3.63, 3.8) is 0 Å². The van der Waals surface area contributed by atoms with Crippen LogP contribution in [0.25, 0.3) is 0 Å². The Morgan fingerprint density at radius 2 is 2.00 bits per heavy atom. The quantitative estimate of drug-likeness (QED) is 0.561. The highest BCUT2D eigenvalue weighted by Gasteiger charge is 2.33. The number of hydrogen-bond acceptors (Lipinski definition) is 4. The van der Waals surface area contributed by atoms with Crippen LogP contribution < -0.4 is 10.2 Å². The molecule has 0 aliphatic heterocycles. The van der Waals surface area contributed by atoms with E-state index in [1.807, 2.05) is 0 Å². The molecule has 1 aromatic heterocycles. The lowest BCUT2D eigenvalue weighted by Crippen LogP contribution is -2.23. The summed E-state index contributed by atoms with van der Waals surface area (Å²) in [7, 11) is 0. The van der Waals surface area contributed by atoms with Gasteiger partial charge in [0.1, 0.15) is 12.3 Å². The fourth-order valence-electron chi connectivity index (χ4n) is 2.02. The van der Waals surface area contributed by atoms with Gasteiger partial charge in [-0.1, -0.05) is 13.8 Å². The first-order chi connectivity index (χ1) is 12.7. The van der Waals surface area contributed by atoms with E-state index in [1.54, 1.807) is 24.3 Å². The molecule has 0 unspecified atom stereocenters. The summed E-state index contributed by atoms with van der Waals surface area (Å²) in [5.41, 5.74) is 1.94. The summed E-state index contributed by atoms with van der Waals surface area (Å²) in [6.45, 7) is 4.53. The smallest absolute Gasteiger partial charge is 0.435 e. The fraction of sp³-hybridized carbons (Fsp3) is 0.389. The molecule has 9 heteroatoms. The van der Waals surface area contributed by atoms with Gasteiger partial charge in [0.2, 0.25) is 0 Å². The van der Waals surface area contributed by atoms with Crippen molar-refractivity contribution in [3.05, 3.63) is 47.8 Å². The van der Waals surface area contributed by atoms with Gasteiger partial charge in [0.25, 0.3) is 5.91 Å². The number of alkyl halides is 3. The van der Waals surface area contributed by atoms with E-state index in [-0.39, 0.29) is 6.54 Å². The maximum atomic E-state index is 12.5. The number of nitrogens with zero attached hydrogens (tertiary/aromatic N) is 3. The molecule has 1 heterocycles. The van der Waals surface area contributed by atoms with Gasteiger partial charge in [-0.3, -0.25) is 9.48 Å². The second-order valence-corrected chi connectivity index (χ2v) is 6.29. The minimum atomic E-state index is -4.54. The molecular weight excluding hydrogens is 361 g/mol. The number of hydrogen-bond donors (Lipinski definition) is 1. The van der Waals surface area contributed by atoms with E-state index in [0.29, 0.717) is 12.5 Å². The first kappa shape index (κ1) is 20.5. The van der Waals surface area contributed by atoms with Crippen LogP contribution in [0.15, 0.2) is 41.6 Å². The average Bonchev–Trinajstić information content (AvgIpc) is 3.05. The van der Waals surface area contributed by atoms with Crippen molar-refractivity contribution < 1.29 is 22.7 Å². The van der Waals surface area contributed by atoms with E-state index in [4.69, 9.17) is 4.74 Å². The minimum Gasteiger partial charge on any atom is -0.494 e. The van der Waals surface area contributed by atoms with Crippen molar-refractivity contribution in [2.24, 2.45) is 11.0 Å². The summed E-state index contributed by atoms with van der Waals surface area (Å²) in [5, 5.41) is 7.08. The Balaban J connectivity index is 1.79. The molecular formula is C18H21F3N4O2. The van der Waals surface area contributed by atoms with E-state index in [1.165, 1.54) is 6.21 Å². The van der Waals surface area contributed by atoms with Gasteiger partial charge in [-0.2, -0.15) is 23.4 Å². The van der Waals surface area contributed by atoms with E-state index >= 15 is 0 Å². The number of carbonyl (C=O) groups excluding carboxylic acids is 1. The molecule has 1 N–H and O–H groups in total. The topological polar surface area (TPSA) is 68.5 Å². The molecule has 0 atom stereocenters. The molecule has 1 amide bonds. The summed E-state index contributed by atoms with van der Waals surface area (Å²) >= 11 is 0. The number of carbonyl (C=O) groups is 1. The van der Waals surface area contributed by atoms with Crippen molar-refractivity contribution in [1.82, 2.24) is 15.2 Å². The average molecular weight is 382 g/mol. The minimum absolute atomic E-state index is 0.365. The molecule has 0 aliphatic carbocycles. The van der Waals surface area contributed by atoms with Gasteiger partial charge in [-0.05, 0) is 48.2 Å². The number of benzene rings is 1. The highest BCUT2D eigenvalue weighted by atomic mass is 19.4. The third kappa shape index (κ3) is 7.12. The number of ether oxygens (including phenoxy) is 1. The molecule has 146 valence electrons. The Kier molecular flexibility index (Phi) is 6.98. The van der Waals surface area contributed by atoms with Crippen molar-refractivity contribution in [1.29, 1.82) is 0 Å². The largest absolute Gasteiger partial charge is 0.494 e. The predicted octanol–water partition coefficient (Wildman–Crippen LogP) is 3.48. The maximum absolute atomic E-state index is 12.5. The zero-order chi connectivity index (χ0) is 19.9. The lowest BCUT2D eigenvalue weighted by atomic mass is 10.1. The Morgan fingerprint density at radius 1 is 1.30 bits per heavy atom. The molecule has 0 saturated carbocycles. The second-order valence-electron chi connectivity index (χ2n) is 6.29. The summed E-state index contributed by atoms with van der Waals surface area (Å²) in [6.07, 6.45) is -1.05. The molecule has 27 heavy (non-hydrogen) atoms. The number of amides is 1. The van der Waals surface area contributed by atoms with E-state index in [0.717, 1.165) is 34.7 Å². The van der Waals surface area contributed by atoms with Crippen LogP contribution in [-0.2, 0) is 17.5 Å². The number of nitrogens with one attached hydrogen (secondary N) is 1. The molecule has 0 radical (unpaired) electrons. The lowest BCUT2D eigenvalue weighted by molar-refractivity contribution is -0.141. The summed E-state index contributed by atoms with van der Waals surface area (Å²) in [5.74, 6) is 0.731. The Hall–Kier alpha value is -2.84. The van der Waals surface area contributed by atoms with Crippen LogP contribution in [0.5, 0.6) is 5.75 Å². The van der Waals surface area contributed by atoms with Crippen LogP contribution in [0, 0.1) is 5.92 Å². The normalized spacial score (nSPS) is 11.9. The number of aromatic nitrogens is 2. The Bertz CT molecular complexity index is 768. The first-order valence-electron chi connectivity index (χ1n) is 8.39. The van der Waals surface area contributed by atoms with Gasteiger partial charge < -0.3 is 4.74 Å². The van der Waals surface area contributed by atoms with E-state index in [9.17, 15) is 18.0 Å². The van der Waals surface area contributed by atoms with Crippen molar-refractivity contribution in [2.45, 2.75) is 33.0 Å². The predicted molar refractivity (Wildman–Crippen MR) is 94.4 cm³/mol.